The molecule has 6 rings (SSSR count). The predicted octanol–water partition coefficient (Wildman–Crippen LogP) is 8.26. The number of unbranched alkanes of at least 4 members (excludes halogenated alkanes) is 2. The molecule has 2 aromatic rings. The van der Waals surface area contributed by atoms with E-state index in [0.29, 0.717) is 36.1 Å². The molecule has 288 valence electrons. The number of fused-ring (bicyclic) bond motifs is 1. The number of carbonyl (C=O) groups excluding carboxylic acids is 2. The van der Waals surface area contributed by atoms with E-state index in [4.69, 9.17) is 18.6 Å². The Kier molecular flexibility index (Phi) is 12.0. The van der Waals surface area contributed by atoms with Gasteiger partial charge in [0.25, 0.3) is 11.8 Å². The van der Waals surface area contributed by atoms with Gasteiger partial charge in [0.15, 0.2) is 0 Å². The molecule has 53 heavy (non-hydrogen) atoms. The first-order chi connectivity index (χ1) is 25.1. The van der Waals surface area contributed by atoms with E-state index in [9.17, 15) is 0 Å². The van der Waals surface area contributed by atoms with Gasteiger partial charge in [0.05, 0.1) is 55.2 Å². The molecule has 2 aromatic heterocycles. The fourth-order valence-electron chi connectivity index (χ4n) is 7.65. The molecule has 4 aliphatic heterocycles. The van der Waals surface area contributed by atoms with Gasteiger partial charge in [0, 0.05) is 22.6 Å². The van der Waals surface area contributed by atoms with Crippen LogP contribution >= 0.6 is 22.7 Å². The first-order valence-corrected chi connectivity index (χ1v) is 21.7. The van der Waals surface area contributed by atoms with E-state index in [1.165, 1.54) is 0 Å². The lowest BCUT2D eigenvalue weighted by Crippen LogP contribution is -2.41. The van der Waals surface area contributed by atoms with Gasteiger partial charge in [0.2, 0.25) is 0 Å². The first kappa shape index (κ1) is 40.5. The van der Waals surface area contributed by atoms with Crippen LogP contribution in [0, 0.1) is 11.8 Å². The highest BCUT2D eigenvalue weighted by Gasteiger charge is 2.54. The summed E-state index contributed by atoms with van der Waals surface area (Å²) in [4.78, 5) is 35.8. The predicted molar refractivity (Wildman–Crippen MR) is 219 cm³/mol. The van der Waals surface area contributed by atoms with Crippen molar-refractivity contribution < 1.29 is 28.2 Å². The largest absolute Gasteiger partial charge is 0.505 e. The van der Waals surface area contributed by atoms with Crippen molar-refractivity contribution in [2.75, 3.05) is 13.1 Å². The van der Waals surface area contributed by atoms with Crippen molar-refractivity contribution in [3.8, 4) is 0 Å². The van der Waals surface area contributed by atoms with Crippen LogP contribution in [0.5, 0.6) is 0 Å². The second-order valence-electron chi connectivity index (χ2n) is 16.9. The molecule has 0 N–H and O–H groups in total. The number of thiophene rings is 2. The molecule has 0 spiro atoms. The van der Waals surface area contributed by atoms with Crippen molar-refractivity contribution >= 4 is 69.7 Å². The van der Waals surface area contributed by atoms with E-state index in [0.717, 1.165) is 82.1 Å². The minimum absolute atomic E-state index is 0.0670. The van der Waals surface area contributed by atoms with Crippen LogP contribution in [0.3, 0.4) is 0 Å². The monoisotopic (exact) mass is 762 g/mol. The van der Waals surface area contributed by atoms with E-state index in [1.807, 2.05) is 42.7 Å². The second-order valence-corrected chi connectivity index (χ2v) is 19.2. The zero-order chi connectivity index (χ0) is 38.5. The molecule has 3 unspecified atom stereocenters. The lowest BCUT2D eigenvalue weighted by atomic mass is 9.88. The Balaban J connectivity index is 1.48. The van der Waals surface area contributed by atoms with Gasteiger partial charge in [-0.1, -0.05) is 78.4 Å². The van der Waals surface area contributed by atoms with Crippen molar-refractivity contribution in [3.05, 3.63) is 45.2 Å². The number of hydrogen-bond acceptors (Lipinski definition) is 8. The summed E-state index contributed by atoms with van der Waals surface area (Å²) in [5.41, 5.74) is 1.15. The van der Waals surface area contributed by atoms with Crippen LogP contribution in [0.2, 0.25) is 0 Å². The van der Waals surface area contributed by atoms with Gasteiger partial charge in [-0.15, -0.1) is 22.7 Å². The quantitative estimate of drug-likeness (QED) is 0.161. The minimum atomic E-state index is -0.523. The molecular weight excluding hydrogens is 702 g/mol. The van der Waals surface area contributed by atoms with Crippen LogP contribution in [-0.4, -0.2) is 71.8 Å². The average molecular weight is 763 g/mol. The van der Waals surface area contributed by atoms with Crippen LogP contribution < -0.4 is 9.55 Å². The smallest absolute Gasteiger partial charge is 0.401 e. The number of rotatable bonds is 16. The summed E-state index contributed by atoms with van der Waals surface area (Å²) in [7, 11) is -1.02. The molecule has 2 amide bonds. The summed E-state index contributed by atoms with van der Waals surface area (Å²) in [6.07, 6.45) is 8.34. The summed E-state index contributed by atoms with van der Waals surface area (Å²) < 4.78 is 27.3. The molecule has 4 aliphatic rings. The van der Waals surface area contributed by atoms with Gasteiger partial charge in [-0.2, -0.15) is 0 Å². The Bertz CT molecular complexity index is 1730. The molecule has 0 saturated carbocycles. The van der Waals surface area contributed by atoms with Crippen LogP contribution in [0.25, 0.3) is 11.4 Å². The number of nitrogens with zero attached hydrogens (tertiary/aromatic N) is 2. The summed E-state index contributed by atoms with van der Waals surface area (Å²) >= 11 is 3.12. The van der Waals surface area contributed by atoms with Crippen molar-refractivity contribution in [3.63, 3.8) is 0 Å². The molecule has 0 aliphatic carbocycles. The van der Waals surface area contributed by atoms with Gasteiger partial charge in [-0.25, -0.2) is 0 Å². The van der Waals surface area contributed by atoms with Gasteiger partial charge < -0.3 is 28.4 Å². The maximum absolute atomic E-state index is 15.1. The molecule has 0 aromatic carbocycles. The SMILES string of the molecule is CCCCC(CC)CN1C(=O)C2=C(c3ccc(B4OC(C)(C)C(C)(C)O4)s3)N(CC(CC)CCCC)C(=O)C2=C1c1ccc(B2OC(C)C(C)(C)O2)s1. The van der Waals surface area contributed by atoms with Crippen molar-refractivity contribution in [2.24, 2.45) is 11.8 Å². The lowest BCUT2D eigenvalue weighted by molar-refractivity contribution is -0.124. The third-order valence-corrected chi connectivity index (χ3v) is 14.5. The molecule has 12 heteroatoms. The highest BCUT2D eigenvalue weighted by Crippen LogP contribution is 2.49. The Morgan fingerprint density at radius 3 is 1.49 bits per heavy atom. The number of carbonyl (C=O) groups is 2. The van der Waals surface area contributed by atoms with Crippen LogP contribution in [0.1, 0.15) is 137 Å². The standard InChI is InChI=1S/C41H60B2N2O6S2/c1-12-16-18-27(14-3)24-44-35(29-20-22-31(52-29)42-48-26(5)39(6,7)49-42)33-34(38(44)47)36(45(37(33)46)25-28(15-4)19-17-13-2)30-21-23-32(53-30)43-50-40(8,9)41(10,11)51-43/h20-23,26-28H,12-19,24-25H2,1-11H3. The molecule has 2 fully saturated rings. The fourth-order valence-corrected chi connectivity index (χ4v) is 9.72. The third kappa shape index (κ3) is 7.67. The molecule has 3 atom stereocenters. The van der Waals surface area contributed by atoms with Gasteiger partial charge in [-0.3, -0.25) is 9.59 Å². The molecule has 0 bridgehead atoms. The highest BCUT2D eigenvalue weighted by molar-refractivity contribution is 7.23. The molecule has 6 heterocycles. The zero-order valence-electron chi connectivity index (χ0n) is 33.9. The van der Waals surface area contributed by atoms with Crippen LogP contribution in [0.15, 0.2) is 35.4 Å². The maximum atomic E-state index is 15.1. The summed E-state index contributed by atoms with van der Waals surface area (Å²) in [6, 6.07) is 8.18. The Hall–Kier alpha value is -2.21. The summed E-state index contributed by atoms with van der Waals surface area (Å²) in [6.45, 7) is 24.3. The van der Waals surface area contributed by atoms with Gasteiger partial charge in [-0.05, 0) is 85.3 Å². The summed E-state index contributed by atoms with van der Waals surface area (Å²) in [5, 5.41) is 0. The number of amides is 2. The minimum Gasteiger partial charge on any atom is -0.401 e. The van der Waals surface area contributed by atoms with E-state index in [-0.39, 0.29) is 17.9 Å². The average Bonchev–Trinajstić information content (AvgIpc) is 3.94. The summed E-state index contributed by atoms with van der Waals surface area (Å²) in [5.74, 6) is 0.475. The zero-order valence-corrected chi connectivity index (χ0v) is 35.6. The first-order valence-electron chi connectivity index (χ1n) is 20.1. The molecule has 0 radical (unpaired) electrons. The lowest BCUT2D eigenvalue weighted by Gasteiger charge is -2.32. The third-order valence-electron chi connectivity index (χ3n) is 12.3. The van der Waals surface area contributed by atoms with Gasteiger partial charge in [0.1, 0.15) is 0 Å². The van der Waals surface area contributed by atoms with Gasteiger partial charge >= 0.3 is 14.2 Å². The van der Waals surface area contributed by atoms with E-state index in [1.54, 1.807) is 22.7 Å². The Morgan fingerprint density at radius 2 is 1.11 bits per heavy atom. The maximum Gasteiger partial charge on any atom is 0.505 e. The van der Waals surface area contributed by atoms with Crippen LogP contribution in [0.4, 0.5) is 0 Å². The second kappa shape index (κ2) is 15.7. The van der Waals surface area contributed by atoms with E-state index < -0.39 is 31.0 Å². The fraction of sp³-hybridized carbons (Fsp3) is 0.659. The number of hydrogen-bond donors (Lipinski definition) is 0. The Labute approximate surface area is 326 Å². The molecule has 8 nitrogen and oxygen atoms in total. The normalized spacial score (nSPS) is 23.3. The highest BCUT2D eigenvalue weighted by atomic mass is 32.1. The topological polar surface area (TPSA) is 77.5 Å². The molecular formula is C41H60B2N2O6S2. The van der Waals surface area contributed by atoms with E-state index >= 15 is 9.59 Å². The van der Waals surface area contributed by atoms with E-state index in [2.05, 4.69) is 67.5 Å². The van der Waals surface area contributed by atoms with Crippen molar-refractivity contribution in [1.29, 1.82) is 0 Å². The van der Waals surface area contributed by atoms with Crippen LogP contribution in [-0.2, 0) is 28.2 Å². The molecule has 2 saturated heterocycles. The Morgan fingerprint density at radius 1 is 0.679 bits per heavy atom. The van der Waals surface area contributed by atoms with Crippen molar-refractivity contribution in [2.45, 2.75) is 150 Å². The van der Waals surface area contributed by atoms with Crippen molar-refractivity contribution in [1.82, 2.24) is 9.80 Å².